The van der Waals surface area contributed by atoms with Crippen LogP contribution in [0.4, 0.5) is 0 Å². The van der Waals surface area contributed by atoms with Gasteiger partial charge in [-0.2, -0.15) is 0 Å². The monoisotopic (exact) mass is 241 g/mol. The van der Waals surface area contributed by atoms with Crippen LogP contribution in [0.1, 0.15) is 15.9 Å². The van der Waals surface area contributed by atoms with E-state index >= 15 is 0 Å². The maximum atomic E-state index is 11.0. The Morgan fingerprint density at radius 3 is 2.33 bits per heavy atom. The van der Waals surface area contributed by atoms with Gasteiger partial charge < -0.3 is 15.3 Å². The van der Waals surface area contributed by atoms with Crippen molar-refractivity contribution in [3.8, 4) is 11.5 Å². The molecular formula is C14H11NO3. The Labute approximate surface area is 104 Å². The summed E-state index contributed by atoms with van der Waals surface area (Å²) in [6.07, 6.45) is 1.17. The molecule has 2 rings (SSSR count). The molecule has 0 aliphatic rings. The van der Waals surface area contributed by atoms with Crippen LogP contribution in [-0.4, -0.2) is 17.3 Å². The number of ether oxygens (including phenoxy) is 1. The van der Waals surface area contributed by atoms with Gasteiger partial charge in [0.25, 0.3) is 0 Å². The molecule has 2 aromatic carbocycles. The van der Waals surface area contributed by atoms with Crippen LogP contribution in [0.15, 0.2) is 48.5 Å². The molecular weight excluding hydrogens is 230 g/mol. The van der Waals surface area contributed by atoms with E-state index in [0.29, 0.717) is 11.3 Å². The van der Waals surface area contributed by atoms with E-state index in [9.17, 15) is 4.79 Å². The van der Waals surface area contributed by atoms with E-state index in [1.165, 1.54) is 12.3 Å². The lowest BCUT2D eigenvalue weighted by molar-refractivity contribution is 0.0694. The van der Waals surface area contributed by atoms with Crippen molar-refractivity contribution in [2.75, 3.05) is 0 Å². The topological polar surface area (TPSA) is 70.4 Å². The molecule has 90 valence electrons. The van der Waals surface area contributed by atoms with E-state index < -0.39 is 5.97 Å². The molecule has 2 N–H and O–H groups in total. The molecule has 0 spiro atoms. The number of para-hydroxylation sites is 2. The predicted molar refractivity (Wildman–Crippen MR) is 67.8 cm³/mol. The van der Waals surface area contributed by atoms with Gasteiger partial charge in [-0.3, -0.25) is 0 Å². The highest BCUT2D eigenvalue weighted by molar-refractivity contribution is 5.91. The third-order valence-corrected chi connectivity index (χ3v) is 2.41. The number of rotatable bonds is 4. The number of carboxylic acids is 1. The Kier molecular flexibility index (Phi) is 3.38. The van der Waals surface area contributed by atoms with Gasteiger partial charge in [0.1, 0.15) is 17.1 Å². The Bertz CT molecular complexity index is 593. The van der Waals surface area contributed by atoms with Crippen LogP contribution >= 0.6 is 0 Å². The third-order valence-electron chi connectivity index (χ3n) is 2.41. The smallest absolute Gasteiger partial charge is 0.339 e. The van der Waals surface area contributed by atoms with E-state index in [4.69, 9.17) is 15.3 Å². The number of benzene rings is 2. The number of carboxylic acid groups (broad SMARTS) is 1. The van der Waals surface area contributed by atoms with Crippen molar-refractivity contribution in [2.24, 2.45) is 0 Å². The predicted octanol–water partition coefficient (Wildman–Crippen LogP) is 3.17. The Morgan fingerprint density at radius 1 is 1.06 bits per heavy atom. The highest BCUT2D eigenvalue weighted by Crippen LogP contribution is 2.27. The summed E-state index contributed by atoms with van der Waals surface area (Å²) in [5.41, 5.74) is 0.690. The molecule has 0 aromatic heterocycles. The van der Waals surface area contributed by atoms with Gasteiger partial charge >= 0.3 is 5.97 Å². The second-order valence-electron chi connectivity index (χ2n) is 3.59. The molecule has 0 amide bonds. The van der Waals surface area contributed by atoms with Crippen molar-refractivity contribution < 1.29 is 14.6 Å². The average Bonchev–Trinajstić information content (AvgIpc) is 2.40. The highest BCUT2D eigenvalue weighted by atomic mass is 16.5. The fourth-order valence-corrected chi connectivity index (χ4v) is 1.54. The van der Waals surface area contributed by atoms with Crippen molar-refractivity contribution in [1.29, 1.82) is 5.41 Å². The standard InChI is InChI=1S/C14H11NO3/c15-9-10-5-1-3-7-12(10)18-13-8-4-2-6-11(13)14(16)17/h1-9,15H,(H,16,17). The van der Waals surface area contributed by atoms with Crippen LogP contribution in [0.5, 0.6) is 11.5 Å². The first-order chi connectivity index (χ1) is 8.72. The van der Waals surface area contributed by atoms with Crippen molar-refractivity contribution in [1.82, 2.24) is 0 Å². The first-order valence-corrected chi connectivity index (χ1v) is 5.32. The Hall–Kier alpha value is -2.62. The van der Waals surface area contributed by atoms with E-state index in [-0.39, 0.29) is 11.3 Å². The summed E-state index contributed by atoms with van der Waals surface area (Å²) in [7, 11) is 0. The van der Waals surface area contributed by atoms with Crippen LogP contribution in [-0.2, 0) is 0 Å². The number of hydrogen-bond donors (Lipinski definition) is 2. The molecule has 0 saturated carbocycles. The molecule has 0 fully saturated rings. The lowest BCUT2D eigenvalue weighted by Crippen LogP contribution is -2.00. The van der Waals surface area contributed by atoms with Gasteiger partial charge in [-0.05, 0) is 24.3 Å². The van der Waals surface area contributed by atoms with E-state index in [0.717, 1.165) is 0 Å². The van der Waals surface area contributed by atoms with Gasteiger partial charge in [0, 0.05) is 11.8 Å². The van der Waals surface area contributed by atoms with Crippen LogP contribution < -0.4 is 4.74 Å². The van der Waals surface area contributed by atoms with Gasteiger partial charge in [0.2, 0.25) is 0 Å². The molecule has 0 bridgehead atoms. The summed E-state index contributed by atoms with van der Waals surface area (Å²) in [6.45, 7) is 0. The largest absolute Gasteiger partial charge is 0.478 e. The van der Waals surface area contributed by atoms with E-state index in [1.807, 2.05) is 0 Å². The maximum Gasteiger partial charge on any atom is 0.339 e. The number of aromatic carboxylic acids is 1. The normalized spacial score (nSPS) is 9.78. The molecule has 2 aromatic rings. The highest BCUT2D eigenvalue weighted by Gasteiger charge is 2.11. The molecule has 4 heteroatoms. The minimum absolute atomic E-state index is 0.0947. The second-order valence-corrected chi connectivity index (χ2v) is 3.59. The zero-order valence-electron chi connectivity index (χ0n) is 9.46. The molecule has 0 aliphatic carbocycles. The zero-order valence-corrected chi connectivity index (χ0v) is 9.46. The molecule has 0 heterocycles. The fraction of sp³-hybridized carbons (Fsp3) is 0. The first-order valence-electron chi connectivity index (χ1n) is 5.32. The van der Waals surface area contributed by atoms with E-state index in [2.05, 4.69) is 0 Å². The molecule has 4 nitrogen and oxygen atoms in total. The van der Waals surface area contributed by atoms with Gasteiger partial charge in [0.05, 0.1) is 0 Å². The fourth-order valence-electron chi connectivity index (χ4n) is 1.54. The van der Waals surface area contributed by atoms with Gasteiger partial charge in [0.15, 0.2) is 0 Å². The van der Waals surface area contributed by atoms with E-state index in [1.54, 1.807) is 42.5 Å². The van der Waals surface area contributed by atoms with Gasteiger partial charge in [-0.15, -0.1) is 0 Å². The van der Waals surface area contributed by atoms with Crippen LogP contribution in [0.3, 0.4) is 0 Å². The van der Waals surface area contributed by atoms with Crippen molar-refractivity contribution >= 4 is 12.2 Å². The summed E-state index contributed by atoms with van der Waals surface area (Å²) < 4.78 is 5.56. The van der Waals surface area contributed by atoms with Crippen molar-refractivity contribution in [2.45, 2.75) is 0 Å². The Balaban J connectivity index is 2.40. The van der Waals surface area contributed by atoms with Crippen LogP contribution in [0.2, 0.25) is 0 Å². The van der Waals surface area contributed by atoms with Crippen LogP contribution in [0, 0.1) is 5.41 Å². The molecule has 0 radical (unpaired) electrons. The number of carbonyl (C=O) groups is 1. The number of hydrogen-bond acceptors (Lipinski definition) is 3. The lowest BCUT2D eigenvalue weighted by Gasteiger charge is -2.10. The quantitative estimate of drug-likeness (QED) is 0.807. The van der Waals surface area contributed by atoms with Crippen LogP contribution in [0.25, 0.3) is 0 Å². The number of nitrogens with one attached hydrogen (secondary N) is 1. The summed E-state index contributed by atoms with van der Waals surface area (Å²) >= 11 is 0. The average molecular weight is 241 g/mol. The minimum atomic E-state index is -1.04. The second kappa shape index (κ2) is 5.14. The Morgan fingerprint density at radius 2 is 1.67 bits per heavy atom. The SMILES string of the molecule is N=Cc1ccccc1Oc1ccccc1C(=O)O. The minimum Gasteiger partial charge on any atom is -0.478 e. The summed E-state index contributed by atoms with van der Waals surface area (Å²) in [4.78, 5) is 11.0. The molecule has 0 saturated heterocycles. The summed E-state index contributed by atoms with van der Waals surface area (Å²) in [5.74, 6) is -0.321. The molecule has 0 atom stereocenters. The summed E-state index contributed by atoms with van der Waals surface area (Å²) in [6, 6.07) is 13.4. The molecule has 18 heavy (non-hydrogen) atoms. The van der Waals surface area contributed by atoms with Crippen molar-refractivity contribution in [3.05, 3.63) is 59.7 Å². The van der Waals surface area contributed by atoms with Crippen molar-refractivity contribution in [3.63, 3.8) is 0 Å². The van der Waals surface area contributed by atoms with Gasteiger partial charge in [-0.25, -0.2) is 4.79 Å². The first kappa shape index (κ1) is 11.9. The summed E-state index contributed by atoms with van der Waals surface area (Å²) in [5, 5.41) is 16.3. The molecule has 0 aliphatic heterocycles. The zero-order chi connectivity index (χ0) is 13.0. The van der Waals surface area contributed by atoms with Gasteiger partial charge in [-0.1, -0.05) is 24.3 Å². The lowest BCUT2D eigenvalue weighted by atomic mass is 10.2. The molecule has 0 unspecified atom stereocenters. The maximum absolute atomic E-state index is 11.0. The third kappa shape index (κ3) is 2.38.